The molecule has 33 heavy (non-hydrogen) atoms. The molecule has 1 N–H and O–H groups in total. The number of carbonyl (C=O) groups is 2. The molecular weight excluding hydrogens is 450 g/mol. The molecule has 4 rings (SSSR count). The number of amides is 1. The van der Waals surface area contributed by atoms with Gasteiger partial charge in [0, 0.05) is 42.1 Å². The fraction of sp³-hybridized carbons (Fsp3) is 0.120. The zero-order valence-corrected chi connectivity index (χ0v) is 18.5. The largest absolute Gasteiger partial charge is 0.507 e. The lowest BCUT2D eigenvalue weighted by Crippen LogP contribution is -2.29. The van der Waals surface area contributed by atoms with Crippen molar-refractivity contribution >= 4 is 40.4 Å². The number of aliphatic hydroxyl groups excluding tert-OH is 1. The number of halogens is 3. The Hall–Kier alpha value is -3.71. The molecule has 1 amide bonds. The van der Waals surface area contributed by atoms with E-state index in [1.165, 1.54) is 18.2 Å². The second kappa shape index (κ2) is 8.67. The fourth-order valence-electron chi connectivity index (χ4n) is 3.77. The number of anilines is 2. The SMILES string of the molecule is CN(C)c1ccc(C2/C(=C(\O)c3ccc(Cl)cc3)C(=O)C(=O)N2c2ccc(F)c(F)c2)cc1. The van der Waals surface area contributed by atoms with Crippen LogP contribution in [0.25, 0.3) is 5.76 Å². The summed E-state index contributed by atoms with van der Waals surface area (Å²) in [4.78, 5) is 29.1. The Morgan fingerprint density at radius 3 is 2.15 bits per heavy atom. The van der Waals surface area contributed by atoms with Gasteiger partial charge in [-0.1, -0.05) is 23.7 Å². The van der Waals surface area contributed by atoms with E-state index < -0.39 is 35.1 Å². The molecule has 1 fully saturated rings. The molecule has 0 aliphatic carbocycles. The van der Waals surface area contributed by atoms with Crippen molar-refractivity contribution in [1.82, 2.24) is 0 Å². The highest BCUT2D eigenvalue weighted by Gasteiger charge is 2.47. The molecule has 3 aromatic rings. The van der Waals surface area contributed by atoms with E-state index in [1.807, 2.05) is 19.0 Å². The number of carbonyl (C=O) groups excluding carboxylic acids is 2. The molecule has 0 aromatic heterocycles. The van der Waals surface area contributed by atoms with Crippen LogP contribution in [0.5, 0.6) is 0 Å². The zero-order valence-electron chi connectivity index (χ0n) is 17.7. The number of aliphatic hydroxyl groups is 1. The number of benzene rings is 3. The predicted molar refractivity (Wildman–Crippen MR) is 123 cm³/mol. The summed E-state index contributed by atoms with van der Waals surface area (Å²) in [6.45, 7) is 0. The van der Waals surface area contributed by atoms with E-state index in [-0.39, 0.29) is 16.8 Å². The summed E-state index contributed by atoms with van der Waals surface area (Å²) in [7, 11) is 3.73. The molecule has 0 saturated carbocycles. The topological polar surface area (TPSA) is 60.9 Å². The molecule has 8 heteroatoms. The Balaban J connectivity index is 1.93. The second-order valence-corrected chi connectivity index (χ2v) is 8.20. The zero-order chi connectivity index (χ0) is 23.9. The van der Waals surface area contributed by atoms with Gasteiger partial charge >= 0.3 is 0 Å². The third-order valence-electron chi connectivity index (χ3n) is 5.47. The Kier molecular flexibility index (Phi) is 5.91. The van der Waals surface area contributed by atoms with E-state index >= 15 is 0 Å². The maximum Gasteiger partial charge on any atom is 0.300 e. The monoisotopic (exact) mass is 468 g/mol. The van der Waals surface area contributed by atoms with Gasteiger partial charge in [-0.2, -0.15) is 0 Å². The molecule has 168 valence electrons. The third-order valence-corrected chi connectivity index (χ3v) is 5.72. The molecule has 1 atom stereocenters. The highest BCUT2D eigenvalue weighted by Crippen LogP contribution is 2.42. The lowest BCUT2D eigenvalue weighted by molar-refractivity contribution is -0.132. The summed E-state index contributed by atoms with van der Waals surface area (Å²) in [6, 6.07) is 15.1. The first-order valence-electron chi connectivity index (χ1n) is 9.98. The standard InChI is InChI=1S/C25H19ClF2N2O3/c1-29(2)17-9-5-14(6-10-17)22-21(23(31)15-3-7-16(26)8-4-15)24(32)25(33)30(22)18-11-12-19(27)20(28)13-18/h3-13,22,31H,1-2H3/b23-21+. The minimum absolute atomic E-state index is 0.00663. The van der Waals surface area contributed by atoms with Gasteiger partial charge in [0.2, 0.25) is 0 Å². The fourth-order valence-corrected chi connectivity index (χ4v) is 3.89. The van der Waals surface area contributed by atoms with E-state index in [9.17, 15) is 23.5 Å². The van der Waals surface area contributed by atoms with Crippen LogP contribution in [0.3, 0.4) is 0 Å². The van der Waals surface area contributed by atoms with Gasteiger partial charge in [-0.3, -0.25) is 14.5 Å². The molecule has 1 unspecified atom stereocenters. The third kappa shape index (κ3) is 4.07. The number of hydrogen-bond donors (Lipinski definition) is 1. The molecule has 1 saturated heterocycles. The van der Waals surface area contributed by atoms with Crippen LogP contribution in [0, 0.1) is 11.6 Å². The molecule has 1 aliphatic rings. The molecule has 1 aliphatic heterocycles. The van der Waals surface area contributed by atoms with Crippen molar-refractivity contribution in [1.29, 1.82) is 0 Å². The van der Waals surface area contributed by atoms with Gasteiger partial charge in [-0.25, -0.2) is 8.78 Å². The minimum atomic E-state index is -1.16. The van der Waals surface area contributed by atoms with Gasteiger partial charge in [0.1, 0.15) is 5.76 Å². The number of hydrogen-bond acceptors (Lipinski definition) is 4. The van der Waals surface area contributed by atoms with Crippen LogP contribution in [-0.2, 0) is 9.59 Å². The summed E-state index contributed by atoms with van der Waals surface area (Å²) in [5.41, 5.74) is 1.51. The van der Waals surface area contributed by atoms with Crippen molar-refractivity contribution < 1.29 is 23.5 Å². The number of Topliss-reactive ketones (excluding diaryl/α,β-unsaturated/α-hetero) is 1. The van der Waals surface area contributed by atoms with Crippen LogP contribution in [0.1, 0.15) is 17.2 Å². The van der Waals surface area contributed by atoms with Crippen molar-refractivity contribution in [2.75, 3.05) is 23.9 Å². The number of nitrogens with zero attached hydrogens (tertiary/aromatic N) is 2. The van der Waals surface area contributed by atoms with Crippen LogP contribution >= 0.6 is 11.6 Å². The summed E-state index contributed by atoms with van der Waals surface area (Å²) in [5.74, 6) is -4.53. The Morgan fingerprint density at radius 2 is 1.58 bits per heavy atom. The molecule has 0 bridgehead atoms. The van der Waals surface area contributed by atoms with Crippen LogP contribution in [-0.4, -0.2) is 30.9 Å². The van der Waals surface area contributed by atoms with Crippen molar-refractivity contribution in [2.45, 2.75) is 6.04 Å². The lowest BCUT2D eigenvalue weighted by Gasteiger charge is -2.26. The van der Waals surface area contributed by atoms with Crippen molar-refractivity contribution in [3.8, 4) is 0 Å². The highest BCUT2D eigenvalue weighted by molar-refractivity contribution is 6.51. The minimum Gasteiger partial charge on any atom is -0.507 e. The van der Waals surface area contributed by atoms with Gasteiger partial charge in [0.05, 0.1) is 11.6 Å². The van der Waals surface area contributed by atoms with E-state index in [1.54, 1.807) is 36.4 Å². The van der Waals surface area contributed by atoms with Crippen LogP contribution < -0.4 is 9.80 Å². The highest BCUT2D eigenvalue weighted by atomic mass is 35.5. The van der Waals surface area contributed by atoms with E-state index in [0.29, 0.717) is 10.6 Å². The van der Waals surface area contributed by atoms with Crippen LogP contribution in [0.4, 0.5) is 20.2 Å². The Morgan fingerprint density at radius 1 is 0.939 bits per heavy atom. The van der Waals surface area contributed by atoms with Gasteiger partial charge < -0.3 is 10.0 Å². The summed E-state index contributed by atoms with van der Waals surface area (Å²) in [6.07, 6.45) is 0. The van der Waals surface area contributed by atoms with Crippen LogP contribution in [0.2, 0.25) is 5.02 Å². The Labute approximate surface area is 194 Å². The predicted octanol–water partition coefficient (Wildman–Crippen LogP) is 5.31. The van der Waals surface area contributed by atoms with Crippen molar-refractivity contribution in [3.63, 3.8) is 0 Å². The molecule has 1 heterocycles. The Bertz CT molecular complexity index is 1270. The summed E-state index contributed by atoms with van der Waals surface area (Å²) >= 11 is 5.93. The van der Waals surface area contributed by atoms with Gasteiger partial charge in [-0.15, -0.1) is 0 Å². The van der Waals surface area contributed by atoms with Gasteiger partial charge in [-0.05, 0) is 54.1 Å². The average molecular weight is 469 g/mol. The molecule has 5 nitrogen and oxygen atoms in total. The smallest absolute Gasteiger partial charge is 0.300 e. The van der Waals surface area contributed by atoms with Crippen LogP contribution in [0.15, 0.2) is 72.3 Å². The number of ketones is 1. The normalized spacial score (nSPS) is 17.5. The molecule has 0 spiro atoms. The molecular formula is C25H19ClF2N2O3. The quantitative estimate of drug-likeness (QED) is 0.320. The first-order valence-corrected chi connectivity index (χ1v) is 10.4. The first-order chi connectivity index (χ1) is 15.7. The average Bonchev–Trinajstić information content (AvgIpc) is 3.06. The molecule has 3 aromatic carbocycles. The maximum absolute atomic E-state index is 14.0. The number of rotatable bonds is 4. The maximum atomic E-state index is 14.0. The first kappa shape index (κ1) is 22.5. The molecule has 0 radical (unpaired) electrons. The summed E-state index contributed by atoms with van der Waals surface area (Å²) in [5, 5.41) is 11.5. The summed E-state index contributed by atoms with van der Waals surface area (Å²) < 4.78 is 27.6. The van der Waals surface area contributed by atoms with Gasteiger partial charge in [0.25, 0.3) is 11.7 Å². The van der Waals surface area contributed by atoms with E-state index in [2.05, 4.69) is 0 Å². The van der Waals surface area contributed by atoms with Gasteiger partial charge in [0.15, 0.2) is 11.6 Å². The van der Waals surface area contributed by atoms with Crippen molar-refractivity contribution in [3.05, 3.63) is 100 Å². The lowest BCUT2D eigenvalue weighted by atomic mass is 9.95. The van der Waals surface area contributed by atoms with E-state index in [0.717, 1.165) is 22.7 Å². The van der Waals surface area contributed by atoms with Crippen molar-refractivity contribution in [2.24, 2.45) is 0 Å². The van der Waals surface area contributed by atoms with E-state index in [4.69, 9.17) is 11.6 Å². The second-order valence-electron chi connectivity index (χ2n) is 7.76.